The summed E-state index contributed by atoms with van der Waals surface area (Å²) in [5.74, 6) is -0.841. The minimum absolute atomic E-state index is 0.0133. The zero-order chi connectivity index (χ0) is 19.3. The summed E-state index contributed by atoms with van der Waals surface area (Å²) in [5.41, 5.74) is 0.600. The van der Waals surface area contributed by atoms with Gasteiger partial charge >= 0.3 is 5.97 Å². The second kappa shape index (κ2) is 9.03. The number of hydrogen-bond acceptors (Lipinski definition) is 4. The van der Waals surface area contributed by atoms with Gasteiger partial charge in [0.05, 0.1) is 13.0 Å². The van der Waals surface area contributed by atoms with Crippen LogP contribution in [0, 0.1) is 11.8 Å². The van der Waals surface area contributed by atoms with Gasteiger partial charge in [0.25, 0.3) is 5.91 Å². The summed E-state index contributed by atoms with van der Waals surface area (Å²) >= 11 is 5.85. The van der Waals surface area contributed by atoms with Gasteiger partial charge in [-0.25, -0.2) is 0 Å². The fraction of sp³-hybridized carbons (Fsp3) is 0.526. The molecule has 1 aromatic carbocycles. The number of halogens is 1. The first-order valence-corrected chi connectivity index (χ1v) is 9.09. The van der Waals surface area contributed by atoms with E-state index in [1.165, 1.54) is 7.11 Å². The standard InChI is InChI=1S/C19H25ClN2O4/c1-13(19(25)26-3)12-21(2)17(23)15-8-10-22(11-9-15)18(24)14-4-6-16(20)7-5-14/h4-7,13,15H,8-12H2,1-3H3. The van der Waals surface area contributed by atoms with Crippen molar-refractivity contribution in [2.75, 3.05) is 33.8 Å². The van der Waals surface area contributed by atoms with Gasteiger partial charge in [-0.3, -0.25) is 14.4 Å². The second-order valence-corrected chi connectivity index (χ2v) is 7.15. The van der Waals surface area contributed by atoms with Crippen LogP contribution < -0.4 is 0 Å². The van der Waals surface area contributed by atoms with Crippen LogP contribution in [0.25, 0.3) is 0 Å². The molecule has 2 rings (SSSR count). The number of esters is 1. The minimum Gasteiger partial charge on any atom is -0.469 e. The van der Waals surface area contributed by atoms with Crippen LogP contribution >= 0.6 is 11.6 Å². The van der Waals surface area contributed by atoms with Crippen LogP contribution in [0.3, 0.4) is 0 Å². The van der Waals surface area contributed by atoms with Crippen molar-refractivity contribution >= 4 is 29.4 Å². The van der Waals surface area contributed by atoms with Crippen molar-refractivity contribution in [2.45, 2.75) is 19.8 Å². The summed E-state index contributed by atoms with van der Waals surface area (Å²) in [6.07, 6.45) is 1.24. The molecule has 0 N–H and O–H groups in total. The molecule has 0 spiro atoms. The summed E-state index contributed by atoms with van der Waals surface area (Å²) in [6.45, 7) is 3.15. The average Bonchev–Trinajstić information content (AvgIpc) is 2.66. The monoisotopic (exact) mass is 380 g/mol. The highest BCUT2D eigenvalue weighted by Crippen LogP contribution is 2.22. The van der Waals surface area contributed by atoms with Crippen molar-refractivity contribution < 1.29 is 19.1 Å². The summed E-state index contributed by atoms with van der Waals surface area (Å²) in [7, 11) is 3.04. The molecule has 1 fully saturated rings. The predicted octanol–water partition coefficient (Wildman–Crippen LogP) is 2.46. The third-order valence-corrected chi connectivity index (χ3v) is 5.00. The molecule has 2 amide bonds. The first kappa shape index (κ1) is 20.2. The lowest BCUT2D eigenvalue weighted by molar-refractivity contribution is -0.146. The molecule has 142 valence electrons. The van der Waals surface area contributed by atoms with E-state index < -0.39 is 0 Å². The Kier molecular flexibility index (Phi) is 7.03. The molecule has 0 radical (unpaired) electrons. The normalized spacial score (nSPS) is 16.1. The maximum atomic E-state index is 12.6. The summed E-state index contributed by atoms with van der Waals surface area (Å²) in [4.78, 5) is 40.0. The van der Waals surface area contributed by atoms with Gasteiger partial charge in [-0.05, 0) is 37.1 Å². The highest BCUT2D eigenvalue weighted by atomic mass is 35.5. The lowest BCUT2D eigenvalue weighted by Gasteiger charge is -2.33. The topological polar surface area (TPSA) is 66.9 Å². The third kappa shape index (κ3) is 4.97. The number of hydrogen-bond donors (Lipinski definition) is 0. The maximum Gasteiger partial charge on any atom is 0.310 e. The Morgan fingerprint density at radius 3 is 2.35 bits per heavy atom. The molecule has 26 heavy (non-hydrogen) atoms. The van der Waals surface area contributed by atoms with Gasteiger partial charge in [-0.15, -0.1) is 0 Å². The molecule has 0 bridgehead atoms. The molecule has 0 aliphatic carbocycles. The molecule has 1 heterocycles. The fourth-order valence-electron chi connectivity index (χ4n) is 3.19. The Labute approximate surface area is 159 Å². The zero-order valence-corrected chi connectivity index (χ0v) is 16.2. The van der Waals surface area contributed by atoms with Crippen molar-refractivity contribution in [3.05, 3.63) is 34.9 Å². The molecule has 6 nitrogen and oxygen atoms in total. The van der Waals surface area contributed by atoms with Gasteiger partial charge in [0.2, 0.25) is 5.91 Å². The van der Waals surface area contributed by atoms with Crippen LogP contribution in [0.4, 0.5) is 0 Å². The Morgan fingerprint density at radius 1 is 1.23 bits per heavy atom. The third-order valence-electron chi connectivity index (χ3n) is 4.75. The molecule has 1 aliphatic heterocycles. The number of likely N-dealkylation sites (tertiary alicyclic amines) is 1. The Morgan fingerprint density at radius 2 is 1.81 bits per heavy atom. The number of amides is 2. The Balaban J connectivity index is 1.87. The minimum atomic E-state index is -0.361. The Hall–Kier alpha value is -2.08. The number of piperidine rings is 1. The highest BCUT2D eigenvalue weighted by molar-refractivity contribution is 6.30. The number of ether oxygens (including phenoxy) is 1. The molecule has 1 atom stereocenters. The molecule has 0 saturated carbocycles. The highest BCUT2D eigenvalue weighted by Gasteiger charge is 2.30. The predicted molar refractivity (Wildman–Crippen MR) is 98.9 cm³/mol. The zero-order valence-electron chi connectivity index (χ0n) is 15.4. The van der Waals surface area contributed by atoms with E-state index in [4.69, 9.17) is 16.3 Å². The number of carbonyl (C=O) groups is 3. The van der Waals surface area contributed by atoms with Gasteiger partial charge in [-0.1, -0.05) is 18.5 Å². The first-order valence-electron chi connectivity index (χ1n) is 8.71. The van der Waals surface area contributed by atoms with E-state index in [9.17, 15) is 14.4 Å². The van der Waals surface area contributed by atoms with E-state index in [-0.39, 0.29) is 29.6 Å². The fourth-order valence-corrected chi connectivity index (χ4v) is 3.32. The number of nitrogens with zero attached hydrogens (tertiary/aromatic N) is 2. The summed E-state index contributed by atoms with van der Waals surface area (Å²) < 4.78 is 4.70. The maximum absolute atomic E-state index is 12.6. The van der Waals surface area contributed by atoms with Crippen LogP contribution in [0.1, 0.15) is 30.1 Å². The molecule has 0 aromatic heterocycles. The Bertz CT molecular complexity index is 654. The van der Waals surface area contributed by atoms with E-state index in [1.54, 1.807) is 48.0 Å². The van der Waals surface area contributed by atoms with Crippen molar-refractivity contribution in [1.29, 1.82) is 0 Å². The van der Waals surface area contributed by atoms with E-state index in [1.807, 2.05) is 0 Å². The van der Waals surface area contributed by atoms with E-state index >= 15 is 0 Å². The molecular weight excluding hydrogens is 356 g/mol. The van der Waals surface area contributed by atoms with Crippen molar-refractivity contribution in [1.82, 2.24) is 9.80 Å². The van der Waals surface area contributed by atoms with Crippen LogP contribution in [-0.2, 0) is 14.3 Å². The molecule has 1 aromatic rings. The van der Waals surface area contributed by atoms with Gasteiger partial charge in [0.15, 0.2) is 0 Å². The van der Waals surface area contributed by atoms with Gasteiger partial charge < -0.3 is 14.5 Å². The van der Waals surface area contributed by atoms with E-state index in [2.05, 4.69) is 0 Å². The second-order valence-electron chi connectivity index (χ2n) is 6.72. The quantitative estimate of drug-likeness (QED) is 0.736. The van der Waals surface area contributed by atoms with E-state index in [0.29, 0.717) is 43.1 Å². The van der Waals surface area contributed by atoms with Crippen LogP contribution in [0.15, 0.2) is 24.3 Å². The molecule has 1 unspecified atom stereocenters. The summed E-state index contributed by atoms with van der Waals surface area (Å²) in [6, 6.07) is 6.82. The van der Waals surface area contributed by atoms with E-state index in [0.717, 1.165) is 0 Å². The first-order chi connectivity index (χ1) is 12.3. The largest absolute Gasteiger partial charge is 0.469 e. The SMILES string of the molecule is COC(=O)C(C)CN(C)C(=O)C1CCN(C(=O)c2ccc(Cl)cc2)CC1. The van der Waals surface area contributed by atoms with Gasteiger partial charge in [-0.2, -0.15) is 0 Å². The number of rotatable bonds is 5. The van der Waals surface area contributed by atoms with Crippen molar-refractivity contribution in [2.24, 2.45) is 11.8 Å². The molecule has 1 aliphatic rings. The van der Waals surface area contributed by atoms with Crippen LogP contribution in [0.5, 0.6) is 0 Å². The van der Waals surface area contributed by atoms with Crippen molar-refractivity contribution in [3.63, 3.8) is 0 Å². The van der Waals surface area contributed by atoms with Gasteiger partial charge in [0.1, 0.15) is 0 Å². The lowest BCUT2D eigenvalue weighted by Crippen LogP contribution is -2.44. The number of carbonyl (C=O) groups excluding carboxylic acids is 3. The summed E-state index contributed by atoms with van der Waals surface area (Å²) in [5, 5.41) is 0.593. The van der Waals surface area contributed by atoms with Crippen LogP contribution in [0.2, 0.25) is 5.02 Å². The molecular formula is C19H25ClN2O4. The molecule has 7 heteroatoms. The molecule has 1 saturated heterocycles. The lowest BCUT2D eigenvalue weighted by atomic mass is 9.94. The van der Waals surface area contributed by atoms with Crippen molar-refractivity contribution in [3.8, 4) is 0 Å². The smallest absolute Gasteiger partial charge is 0.310 e. The van der Waals surface area contributed by atoms with Crippen LogP contribution in [-0.4, -0.2) is 61.4 Å². The number of benzene rings is 1. The van der Waals surface area contributed by atoms with Gasteiger partial charge in [0, 0.05) is 43.2 Å². The number of methoxy groups -OCH3 is 1. The average molecular weight is 381 g/mol.